The van der Waals surface area contributed by atoms with Gasteiger partial charge in [-0.25, -0.2) is 0 Å². The van der Waals surface area contributed by atoms with Crippen molar-refractivity contribution in [2.45, 2.75) is 77.1 Å². The number of hydrogen-bond donors (Lipinski definition) is 1. The minimum Gasteiger partial charge on any atom is -0.484 e. The quantitative estimate of drug-likeness (QED) is 0.479. The molecular formula is C28H34F3NO3. The Morgan fingerprint density at radius 2 is 1.89 bits per heavy atom. The second-order valence-corrected chi connectivity index (χ2v) is 9.17. The first-order chi connectivity index (χ1) is 16.5. The highest BCUT2D eigenvalue weighted by Crippen LogP contribution is 2.58. The predicted molar refractivity (Wildman–Crippen MR) is 131 cm³/mol. The molecule has 2 aromatic rings. The smallest absolute Gasteiger partial charge is 0.422 e. The van der Waals surface area contributed by atoms with Gasteiger partial charge in [-0.3, -0.25) is 4.79 Å². The Hall–Kier alpha value is -2.96. The number of fused-ring (bicyclic) bond motifs is 2. The minimum atomic E-state index is -4.46. The van der Waals surface area contributed by atoms with Crippen LogP contribution in [0, 0.1) is 0 Å². The Kier molecular flexibility index (Phi) is 7.58. The fraction of sp³-hybridized carbons (Fsp3) is 0.464. The van der Waals surface area contributed by atoms with Crippen molar-refractivity contribution >= 4 is 5.91 Å². The van der Waals surface area contributed by atoms with Gasteiger partial charge in [-0.05, 0) is 67.0 Å². The summed E-state index contributed by atoms with van der Waals surface area (Å²) in [5.41, 5.74) is 1.73. The van der Waals surface area contributed by atoms with Crippen LogP contribution in [0.15, 0.2) is 54.6 Å². The molecule has 4 nitrogen and oxygen atoms in total. The molecule has 0 saturated heterocycles. The van der Waals surface area contributed by atoms with E-state index in [1.165, 1.54) is 24.1 Å². The van der Waals surface area contributed by atoms with Crippen molar-refractivity contribution in [1.82, 2.24) is 5.32 Å². The fourth-order valence-electron chi connectivity index (χ4n) is 5.57. The molecule has 0 radical (unpaired) electrons. The normalized spacial score (nSPS) is 24.7. The molecular weight excluding hydrogens is 455 g/mol. The van der Waals surface area contributed by atoms with Gasteiger partial charge in [-0.15, -0.1) is 0 Å². The SMILES string of the molecule is C=C(C)C1(NC(C)=O)c2cc(OCC(F)(F)F)ccc2OC12CCc1ccccc1C(C)C2.CC. The number of halogens is 3. The molecule has 1 spiro atoms. The van der Waals surface area contributed by atoms with Crippen molar-refractivity contribution in [2.75, 3.05) is 6.61 Å². The van der Waals surface area contributed by atoms with Crippen LogP contribution in [-0.2, 0) is 16.8 Å². The van der Waals surface area contributed by atoms with Crippen LogP contribution in [0.5, 0.6) is 11.5 Å². The number of rotatable bonds is 4. The number of amides is 1. The summed E-state index contributed by atoms with van der Waals surface area (Å²) in [6, 6.07) is 12.9. The summed E-state index contributed by atoms with van der Waals surface area (Å²) in [5, 5.41) is 3.10. The third kappa shape index (κ3) is 4.91. The van der Waals surface area contributed by atoms with Crippen LogP contribution >= 0.6 is 0 Å². The van der Waals surface area contributed by atoms with Crippen molar-refractivity contribution in [3.05, 3.63) is 71.3 Å². The summed E-state index contributed by atoms with van der Waals surface area (Å²) in [7, 11) is 0. The third-order valence-corrected chi connectivity index (χ3v) is 6.77. The van der Waals surface area contributed by atoms with E-state index in [0.29, 0.717) is 29.7 Å². The summed E-state index contributed by atoms with van der Waals surface area (Å²) in [4.78, 5) is 12.5. The number of ether oxygens (including phenoxy) is 2. The van der Waals surface area contributed by atoms with Crippen molar-refractivity contribution in [2.24, 2.45) is 0 Å². The molecule has 3 unspecified atom stereocenters. The molecule has 1 amide bonds. The number of carbonyl (C=O) groups is 1. The highest BCUT2D eigenvalue weighted by Gasteiger charge is 2.62. The molecule has 0 bridgehead atoms. The zero-order chi connectivity index (χ0) is 26.0. The van der Waals surface area contributed by atoms with Crippen molar-refractivity contribution in [3.63, 3.8) is 0 Å². The van der Waals surface area contributed by atoms with Gasteiger partial charge in [-0.1, -0.05) is 51.6 Å². The molecule has 190 valence electrons. The monoisotopic (exact) mass is 489 g/mol. The summed E-state index contributed by atoms with van der Waals surface area (Å²) >= 11 is 0. The zero-order valence-corrected chi connectivity index (χ0v) is 21.0. The van der Waals surface area contributed by atoms with Crippen LogP contribution in [-0.4, -0.2) is 24.3 Å². The second-order valence-electron chi connectivity index (χ2n) is 9.17. The number of aryl methyl sites for hydroxylation is 1. The van der Waals surface area contributed by atoms with E-state index in [4.69, 9.17) is 9.47 Å². The molecule has 7 heteroatoms. The van der Waals surface area contributed by atoms with Crippen LogP contribution < -0.4 is 14.8 Å². The van der Waals surface area contributed by atoms with Gasteiger partial charge in [0.2, 0.25) is 5.91 Å². The predicted octanol–water partition coefficient (Wildman–Crippen LogP) is 6.83. The van der Waals surface area contributed by atoms with Gasteiger partial charge in [0.1, 0.15) is 22.6 Å². The lowest BCUT2D eigenvalue weighted by atomic mass is 9.67. The molecule has 3 atom stereocenters. The van der Waals surface area contributed by atoms with E-state index in [2.05, 4.69) is 31.0 Å². The van der Waals surface area contributed by atoms with E-state index >= 15 is 0 Å². The maximum absolute atomic E-state index is 12.8. The topological polar surface area (TPSA) is 47.6 Å². The average Bonchev–Trinajstić information content (AvgIpc) is 2.96. The molecule has 35 heavy (non-hydrogen) atoms. The van der Waals surface area contributed by atoms with Crippen LogP contribution in [0.2, 0.25) is 0 Å². The first-order valence-electron chi connectivity index (χ1n) is 12.0. The number of carbonyl (C=O) groups excluding carboxylic acids is 1. The van der Waals surface area contributed by atoms with E-state index in [1.54, 1.807) is 12.1 Å². The number of hydrogen-bond acceptors (Lipinski definition) is 3. The fourth-order valence-corrected chi connectivity index (χ4v) is 5.57. The van der Waals surface area contributed by atoms with Gasteiger partial charge in [0.15, 0.2) is 6.61 Å². The minimum absolute atomic E-state index is 0.0626. The second kappa shape index (κ2) is 9.96. The molecule has 4 rings (SSSR count). The van der Waals surface area contributed by atoms with E-state index in [0.717, 1.165) is 6.42 Å². The first-order valence-corrected chi connectivity index (χ1v) is 12.0. The Balaban J connectivity index is 0.00000167. The molecule has 1 aliphatic heterocycles. The Bertz CT molecular complexity index is 1100. The van der Waals surface area contributed by atoms with Gasteiger partial charge >= 0.3 is 6.18 Å². The van der Waals surface area contributed by atoms with Gasteiger partial charge in [-0.2, -0.15) is 13.2 Å². The molecule has 1 aliphatic carbocycles. The lowest BCUT2D eigenvalue weighted by Gasteiger charge is -2.46. The van der Waals surface area contributed by atoms with E-state index < -0.39 is 23.9 Å². The molecule has 1 heterocycles. The van der Waals surface area contributed by atoms with E-state index in [9.17, 15) is 18.0 Å². The lowest BCUT2D eigenvalue weighted by molar-refractivity contribution is -0.153. The molecule has 0 aromatic heterocycles. The van der Waals surface area contributed by atoms with Crippen LogP contribution in [0.3, 0.4) is 0 Å². The molecule has 0 saturated carbocycles. The number of alkyl halides is 3. The maximum atomic E-state index is 12.8. The summed E-state index contributed by atoms with van der Waals surface area (Å²) in [6.07, 6.45) is -2.51. The van der Waals surface area contributed by atoms with Gasteiger partial charge < -0.3 is 14.8 Å². The van der Waals surface area contributed by atoms with Gasteiger partial charge in [0.05, 0.1) is 0 Å². The first kappa shape index (κ1) is 26.6. The zero-order valence-electron chi connectivity index (χ0n) is 21.0. The molecule has 2 aromatic carbocycles. The maximum Gasteiger partial charge on any atom is 0.422 e. The summed E-state index contributed by atoms with van der Waals surface area (Å²) in [5.74, 6) is 0.438. The molecule has 0 fully saturated rings. The van der Waals surface area contributed by atoms with Crippen molar-refractivity contribution < 1.29 is 27.4 Å². The van der Waals surface area contributed by atoms with Crippen molar-refractivity contribution in [3.8, 4) is 11.5 Å². The summed E-state index contributed by atoms with van der Waals surface area (Å²) < 4.78 is 49.9. The molecule has 1 N–H and O–H groups in total. The largest absolute Gasteiger partial charge is 0.484 e. The number of benzene rings is 2. The van der Waals surface area contributed by atoms with E-state index in [-0.39, 0.29) is 17.6 Å². The van der Waals surface area contributed by atoms with Crippen LogP contribution in [0.25, 0.3) is 0 Å². The Morgan fingerprint density at radius 3 is 2.51 bits per heavy atom. The summed E-state index contributed by atoms with van der Waals surface area (Å²) in [6.45, 7) is 12.2. The van der Waals surface area contributed by atoms with Crippen LogP contribution in [0.4, 0.5) is 13.2 Å². The Labute approximate surface area is 205 Å². The van der Waals surface area contributed by atoms with Gasteiger partial charge in [0.25, 0.3) is 0 Å². The number of nitrogens with one attached hydrogen (secondary N) is 1. The third-order valence-electron chi connectivity index (χ3n) is 6.77. The average molecular weight is 490 g/mol. The lowest BCUT2D eigenvalue weighted by Crippen LogP contribution is -2.62. The standard InChI is InChI=1S/C26H28F3NO3.C2H6/c1-16(2)26(30-18(4)31)22-13-20(32-15-25(27,28)29)9-10-23(22)33-24(26)12-11-19-7-5-6-8-21(19)17(3)14-24;1-2/h5-10,13,17H,1,11-12,14-15H2,2-4H3,(H,30,31);1-2H3. The van der Waals surface area contributed by atoms with Gasteiger partial charge in [0, 0.05) is 12.5 Å². The molecule has 2 aliphatic rings. The van der Waals surface area contributed by atoms with Crippen molar-refractivity contribution in [1.29, 1.82) is 0 Å². The Morgan fingerprint density at radius 1 is 1.20 bits per heavy atom. The van der Waals surface area contributed by atoms with E-state index in [1.807, 2.05) is 32.9 Å². The van der Waals surface area contributed by atoms with Crippen LogP contribution in [0.1, 0.15) is 70.1 Å². The highest BCUT2D eigenvalue weighted by atomic mass is 19.4. The highest BCUT2D eigenvalue weighted by molar-refractivity contribution is 5.76.